The third-order valence-electron chi connectivity index (χ3n) is 3.32. The van der Waals surface area contributed by atoms with E-state index in [0.717, 1.165) is 0 Å². The van der Waals surface area contributed by atoms with Crippen molar-refractivity contribution in [3.05, 3.63) is 52.6 Å². The van der Waals surface area contributed by atoms with Crippen LogP contribution < -0.4 is 0 Å². The molecule has 0 aromatic heterocycles. The first-order chi connectivity index (χ1) is 9.13. The van der Waals surface area contributed by atoms with Gasteiger partial charge >= 0.3 is 0 Å². The second kappa shape index (κ2) is 8.74. The lowest BCUT2D eigenvalue weighted by molar-refractivity contribution is 0.909. The molecule has 0 saturated heterocycles. The first-order valence-electron chi connectivity index (χ1n) is 7.56. The highest BCUT2D eigenvalue weighted by Gasteiger charge is 2.16. The molecule has 0 radical (unpaired) electrons. The van der Waals surface area contributed by atoms with Crippen LogP contribution in [0, 0.1) is 13.8 Å². The smallest absolute Gasteiger partial charge is 0.0147 e. The molecule has 1 aliphatic carbocycles. The zero-order valence-corrected chi connectivity index (χ0v) is 13.9. The van der Waals surface area contributed by atoms with Crippen molar-refractivity contribution in [3.8, 4) is 0 Å². The monoisotopic (exact) mass is 258 g/mol. The van der Waals surface area contributed by atoms with E-state index >= 15 is 0 Å². The van der Waals surface area contributed by atoms with Gasteiger partial charge in [-0.3, -0.25) is 0 Å². The third kappa shape index (κ3) is 4.09. The van der Waals surface area contributed by atoms with Crippen molar-refractivity contribution in [3.63, 3.8) is 0 Å². The first kappa shape index (κ1) is 17.7. The maximum atomic E-state index is 3.94. The highest BCUT2D eigenvalue weighted by Crippen LogP contribution is 2.34. The molecule has 0 nitrogen and oxygen atoms in total. The summed E-state index contributed by atoms with van der Waals surface area (Å²) < 4.78 is 0. The van der Waals surface area contributed by atoms with Crippen molar-refractivity contribution in [2.75, 3.05) is 0 Å². The summed E-state index contributed by atoms with van der Waals surface area (Å²) in [7, 11) is 0. The lowest BCUT2D eigenvalue weighted by Crippen LogP contribution is -2.05. The molecule has 2 rings (SSSR count). The standard InChI is InChI=1S/C15H18.2C2H6/c1-5-13-11(3)6-7-14-12(4)8-10(2)9-15(13)14;2*1-2/h5,8-9H,1,6-7H2,2-4H3;2*1-2H3. The van der Waals surface area contributed by atoms with Crippen molar-refractivity contribution >= 4 is 5.57 Å². The average molecular weight is 258 g/mol. The Bertz CT molecular complexity index is 447. The van der Waals surface area contributed by atoms with E-state index in [1.54, 1.807) is 0 Å². The van der Waals surface area contributed by atoms with Crippen LogP contribution in [-0.2, 0) is 6.42 Å². The summed E-state index contributed by atoms with van der Waals surface area (Å²) >= 11 is 0. The molecule has 0 spiro atoms. The predicted molar refractivity (Wildman–Crippen MR) is 89.7 cm³/mol. The van der Waals surface area contributed by atoms with Crippen LogP contribution in [-0.4, -0.2) is 0 Å². The van der Waals surface area contributed by atoms with Crippen molar-refractivity contribution in [1.29, 1.82) is 0 Å². The summed E-state index contributed by atoms with van der Waals surface area (Å²) in [5.74, 6) is 0. The van der Waals surface area contributed by atoms with Gasteiger partial charge in [-0.1, -0.05) is 63.6 Å². The molecular weight excluding hydrogens is 228 g/mol. The summed E-state index contributed by atoms with van der Waals surface area (Å²) in [6.07, 6.45) is 4.37. The Kier molecular flexibility index (Phi) is 8.14. The van der Waals surface area contributed by atoms with E-state index in [9.17, 15) is 0 Å². The first-order valence-corrected chi connectivity index (χ1v) is 7.56. The second-order valence-electron chi connectivity index (χ2n) is 4.51. The minimum atomic E-state index is 1.18. The molecule has 0 heteroatoms. The summed E-state index contributed by atoms with van der Waals surface area (Å²) in [6, 6.07) is 4.57. The molecule has 0 unspecified atom stereocenters. The van der Waals surface area contributed by atoms with Crippen LogP contribution >= 0.6 is 0 Å². The predicted octanol–water partition coefficient (Wildman–Crippen LogP) is 6.26. The maximum absolute atomic E-state index is 3.94. The van der Waals surface area contributed by atoms with Crippen molar-refractivity contribution in [1.82, 2.24) is 0 Å². The summed E-state index contributed by atoms with van der Waals surface area (Å²) in [4.78, 5) is 0. The van der Waals surface area contributed by atoms with Crippen LogP contribution in [0.5, 0.6) is 0 Å². The van der Waals surface area contributed by atoms with Gasteiger partial charge in [0.25, 0.3) is 0 Å². The zero-order valence-electron chi connectivity index (χ0n) is 13.9. The van der Waals surface area contributed by atoms with Crippen LogP contribution in [0.4, 0.5) is 0 Å². The molecule has 106 valence electrons. The topological polar surface area (TPSA) is 0 Å². The quantitative estimate of drug-likeness (QED) is 0.557. The van der Waals surface area contributed by atoms with Crippen LogP contribution in [0.3, 0.4) is 0 Å². The van der Waals surface area contributed by atoms with Crippen LogP contribution in [0.1, 0.15) is 63.3 Å². The van der Waals surface area contributed by atoms with Gasteiger partial charge < -0.3 is 0 Å². The van der Waals surface area contributed by atoms with Crippen LogP contribution in [0.25, 0.3) is 5.57 Å². The van der Waals surface area contributed by atoms with E-state index in [1.807, 2.05) is 33.8 Å². The second-order valence-corrected chi connectivity index (χ2v) is 4.51. The fraction of sp³-hybridized carbons (Fsp3) is 0.474. The summed E-state index contributed by atoms with van der Waals surface area (Å²) in [5.41, 5.74) is 8.52. The highest BCUT2D eigenvalue weighted by atomic mass is 14.2. The number of hydrogen-bond donors (Lipinski definition) is 0. The van der Waals surface area contributed by atoms with Gasteiger partial charge in [0, 0.05) is 0 Å². The lowest BCUT2D eigenvalue weighted by atomic mass is 9.83. The molecule has 0 aliphatic heterocycles. The fourth-order valence-corrected chi connectivity index (χ4v) is 2.53. The van der Waals surface area contributed by atoms with Gasteiger partial charge in [0.05, 0.1) is 0 Å². The third-order valence-corrected chi connectivity index (χ3v) is 3.32. The van der Waals surface area contributed by atoms with Gasteiger partial charge in [-0.15, -0.1) is 0 Å². The number of hydrogen-bond acceptors (Lipinski definition) is 0. The van der Waals surface area contributed by atoms with Gasteiger partial charge in [-0.25, -0.2) is 0 Å². The Balaban J connectivity index is 0.000000741. The number of aryl methyl sites for hydroxylation is 2. The molecule has 1 aliphatic rings. The number of fused-ring (bicyclic) bond motifs is 1. The molecule has 0 bridgehead atoms. The Labute approximate surface area is 120 Å². The molecule has 19 heavy (non-hydrogen) atoms. The van der Waals surface area contributed by atoms with E-state index in [2.05, 4.69) is 39.5 Å². The van der Waals surface area contributed by atoms with E-state index < -0.39 is 0 Å². The maximum Gasteiger partial charge on any atom is -0.0147 e. The van der Waals surface area contributed by atoms with Gasteiger partial charge in [0.15, 0.2) is 0 Å². The van der Waals surface area contributed by atoms with Crippen LogP contribution in [0.15, 0.2) is 30.4 Å². The molecule has 0 heterocycles. The lowest BCUT2D eigenvalue weighted by Gasteiger charge is -2.22. The van der Waals surface area contributed by atoms with E-state index in [1.165, 1.54) is 46.2 Å². The number of rotatable bonds is 1. The van der Waals surface area contributed by atoms with E-state index in [-0.39, 0.29) is 0 Å². The SMILES string of the molecule is C=CC1=C(C)CCc2c(C)cc(C)cc21.CC.CC. The van der Waals surface area contributed by atoms with Gasteiger partial charge in [0.2, 0.25) is 0 Å². The Morgan fingerprint density at radius 3 is 2.05 bits per heavy atom. The van der Waals surface area contributed by atoms with E-state index in [4.69, 9.17) is 0 Å². The fourth-order valence-electron chi connectivity index (χ4n) is 2.53. The summed E-state index contributed by atoms with van der Waals surface area (Å²) in [5, 5.41) is 0. The van der Waals surface area contributed by atoms with Gasteiger partial charge in [0.1, 0.15) is 0 Å². The van der Waals surface area contributed by atoms with Crippen molar-refractivity contribution in [2.45, 2.75) is 61.3 Å². The minimum Gasteiger partial charge on any atom is -0.0984 e. The van der Waals surface area contributed by atoms with Crippen molar-refractivity contribution < 1.29 is 0 Å². The molecular formula is C19H30. The molecule has 1 aromatic rings. The molecule has 0 N–H and O–H groups in total. The largest absolute Gasteiger partial charge is 0.0984 e. The molecule has 0 atom stereocenters. The molecule has 1 aromatic carbocycles. The Morgan fingerprint density at radius 1 is 0.947 bits per heavy atom. The highest BCUT2D eigenvalue weighted by molar-refractivity contribution is 5.80. The molecule has 0 fully saturated rings. The van der Waals surface area contributed by atoms with Crippen molar-refractivity contribution in [2.24, 2.45) is 0 Å². The number of benzene rings is 1. The molecule has 0 amide bonds. The average Bonchev–Trinajstić information content (AvgIpc) is 2.43. The van der Waals surface area contributed by atoms with E-state index in [0.29, 0.717) is 0 Å². The summed E-state index contributed by atoms with van der Waals surface area (Å²) in [6.45, 7) is 18.5. The minimum absolute atomic E-state index is 1.18. The Hall–Kier alpha value is -1.30. The normalized spacial score (nSPS) is 12.6. The van der Waals surface area contributed by atoms with Gasteiger partial charge in [-0.05, 0) is 55.9 Å². The zero-order chi connectivity index (χ0) is 15.0. The van der Waals surface area contributed by atoms with Gasteiger partial charge in [-0.2, -0.15) is 0 Å². The van der Waals surface area contributed by atoms with Crippen LogP contribution in [0.2, 0.25) is 0 Å². The number of allylic oxidation sites excluding steroid dienone is 3. The molecule has 0 saturated carbocycles. The Morgan fingerprint density at radius 2 is 1.53 bits per heavy atom.